The van der Waals surface area contributed by atoms with Gasteiger partial charge in [-0.25, -0.2) is 0 Å². The lowest BCUT2D eigenvalue weighted by Gasteiger charge is -2.32. The molecule has 0 unspecified atom stereocenters. The molecule has 0 saturated heterocycles. The molecule has 0 saturated carbocycles. The lowest BCUT2D eigenvalue weighted by atomic mass is 10.0. The summed E-state index contributed by atoms with van der Waals surface area (Å²) in [6.07, 6.45) is 2.16. The molecular formula is C32H40N2O3. The van der Waals surface area contributed by atoms with Crippen molar-refractivity contribution in [1.29, 1.82) is 0 Å². The molecule has 196 valence electrons. The molecule has 5 heteroatoms. The zero-order chi connectivity index (χ0) is 26.6. The van der Waals surface area contributed by atoms with Crippen LogP contribution in [0.2, 0.25) is 0 Å². The maximum absolute atomic E-state index is 13.7. The molecule has 5 nitrogen and oxygen atoms in total. The average Bonchev–Trinajstić information content (AvgIpc) is 2.90. The van der Waals surface area contributed by atoms with Crippen LogP contribution in [-0.2, 0) is 22.6 Å². The van der Waals surface area contributed by atoms with Gasteiger partial charge in [0.25, 0.3) is 0 Å². The summed E-state index contributed by atoms with van der Waals surface area (Å²) in [5, 5.41) is 3.12. The van der Waals surface area contributed by atoms with Gasteiger partial charge in [-0.1, -0.05) is 84.8 Å². The predicted octanol–water partition coefficient (Wildman–Crippen LogP) is 6.02. The largest absolute Gasteiger partial charge is 0.494 e. The fourth-order valence-electron chi connectivity index (χ4n) is 4.19. The molecule has 0 aliphatic heterocycles. The molecule has 0 radical (unpaired) electrons. The van der Waals surface area contributed by atoms with Crippen LogP contribution in [0.4, 0.5) is 0 Å². The first kappa shape index (κ1) is 28.0. The molecule has 3 rings (SSSR count). The van der Waals surface area contributed by atoms with Crippen LogP contribution in [0, 0.1) is 13.8 Å². The molecular weight excluding hydrogens is 460 g/mol. The lowest BCUT2D eigenvalue weighted by molar-refractivity contribution is -0.141. The van der Waals surface area contributed by atoms with Crippen LogP contribution in [0.5, 0.6) is 5.75 Å². The van der Waals surface area contributed by atoms with Crippen molar-refractivity contribution in [2.45, 2.75) is 72.0 Å². The van der Waals surface area contributed by atoms with Crippen molar-refractivity contribution in [3.05, 3.63) is 101 Å². The number of hydrogen-bond donors (Lipinski definition) is 1. The topological polar surface area (TPSA) is 58.6 Å². The monoisotopic (exact) mass is 500 g/mol. The second-order valence-electron chi connectivity index (χ2n) is 9.80. The minimum atomic E-state index is -0.609. The van der Waals surface area contributed by atoms with E-state index in [0.29, 0.717) is 32.4 Å². The highest BCUT2D eigenvalue weighted by Gasteiger charge is 2.30. The molecule has 0 spiro atoms. The van der Waals surface area contributed by atoms with E-state index >= 15 is 0 Å². The summed E-state index contributed by atoms with van der Waals surface area (Å²) < 4.78 is 5.85. The van der Waals surface area contributed by atoms with Crippen LogP contribution < -0.4 is 10.1 Å². The van der Waals surface area contributed by atoms with Crippen LogP contribution in [0.15, 0.2) is 78.9 Å². The van der Waals surface area contributed by atoms with Crippen LogP contribution in [0.1, 0.15) is 55.4 Å². The highest BCUT2D eigenvalue weighted by molar-refractivity contribution is 5.88. The van der Waals surface area contributed by atoms with Crippen molar-refractivity contribution >= 4 is 11.8 Å². The van der Waals surface area contributed by atoms with Gasteiger partial charge < -0.3 is 15.0 Å². The predicted molar refractivity (Wildman–Crippen MR) is 149 cm³/mol. The quantitative estimate of drug-likeness (QED) is 0.292. The Morgan fingerprint density at radius 3 is 2.27 bits per heavy atom. The number of carbonyl (C=O) groups excluding carboxylic acids is 2. The van der Waals surface area contributed by atoms with Gasteiger partial charge >= 0.3 is 0 Å². The van der Waals surface area contributed by atoms with E-state index in [9.17, 15) is 9.59 Å². The lowest BCUT2D eigenvalue weighted by Crippen LogP contribution is -2.52. The summed E-state index contributed by atoms with van der Waals surface area (Å²) in [7, 11) is 0. The van der Waals surface area contributed by atoms with E-state index in [-0.39, 0.29) is 17.9 Å². The van der Waals surface area contributed by atoms with Crippen molar-refractivity contribution < 1.29 is 14.3 Å². The van der Waals surface area contributed by atoms with Crippen LogP contribution in [0.3, 0.4) is 0 Å². The summed E-state index contributed by atoms with van der Waals surface area (Å²) in [5.74, 6) is 0.633. The number of ether oxygens (including phenoxy) is 1. The maximum Gasteiger partial charge on any atom is 0.243 e. The molecule has 1 N–H and O–H groups in total. The van der Waals surface area contributed by atoms with Gasteiger partial charge in [0.15, 0.2) is 0 Å². The molecule has 0 aliphatic rings. The molecule has 0 heterocycles. The number of rotatable bonds is 13. The zero-order valence-electron chi connectivity index (χ0n) is 22.6. The Balaban J connectivity index is 1.79. The van der Waals surface area contributed by atoms with E-state index in [4.69, 9.17) is 4.74 Å². The van der Waals surface area contributed by atoms with E-state index < -0.39 is 6.04 Å². The smallest absolute Gasteiger partial charge is 0.243 e. The summed E-state index contributed by atoms with van der Waals surface area (Å²) in [6.45, 7) is 8.93. The van der Waals surface area contributed by atoms with Crippen molar-refractivity contribution in [1.82, 2.24) is 10.2 Å². The van der Waals surface area contributed by atoms with Crippen LogP contribution in [0.25, 0.3) is 0 Å². The Morgan fingerprint density at radius 1 is 0.892 bits per heavy atom. The molecule has 3 aromatic rings. The Kier molecular flexibility index (Phi) is 10.8. The normalized spacial score (nSPS) is 12.4. The maximum atomic E-state index is 13.7. The van der Waals surface area contributed by atoms with Crippen molar-refractivity contribution in [2.24, 2.45) is 0 Å². The Bertz CT molecular complexity index is 1130. The number of hydrogen-bond acceptors (Lipinski definition) is 3. The molecule has 2 atom stereocenters. The molecule has 0 aromatic heterocycles. The summed E-state index contributed by atoms with van der Waals surface area (Å²) in [4.78, 5) is 29.0. The van der Waals surface area contributed by atoms with E-state index in [2.05, 4.69) is 11.4 Å². The second kappa shape index (κ2) is 14.2. The fourth-order valence-corrected chi connectivity index (χ4v) is 4.19. The van der Waals surface area contributed by atoms with Crippen molar-refractivity contribution in [3.8, 4) is 5.75 Å². The van der Waals surface area contributed by atoms with Gasteiger partial charge in [-0.15, -0.1) is 0 Å². The van der Waals surface area contributed by atoms with Gasteiger partial charge in [-0.3, -0.25) is 9.59 Å². The van der Waals surface area contributed by atoms with Crippen LogP contribution >= 0.6 is 0 Å². The third kappa shape index (κ3) is 9.09. The number of benzene rings is 3. The molecule has 2 amide bonds. The number of aryl methyl sites for hydroxylation is 2. The molecule has 0 bridgehead atoms. The number of nitrogens with one attached hydrogen (secondary N) is 1. The van der Waals surface area contributed by atoms with E-state index in [1.54, 1.807) is 4.90 Å². The Morgan fingerprint density at radius 2 is 1.59 bits per heavy atom. The van der Waals surface area contributed by atoms with Gasteiger partial charge in [0.1, 0.15) is 11.8 Å². The standard InChI is InChI=1S/C32H40N2O3/c1-5-26(4)33-32(36)30(22-27-12-7-6-8-13-27)34(23-28-14-9-11-25(3)21-28)31(35)15-10-20-37-29-18-16-24(2)17-19-29/h6-9,11-14,16-19,21,26,30H,5,10,15,20,22-23H2,1-4H3,(H,33,36)/t26-,30+/m0/s1. The Hall–Kier alpha value is -3.60. The van der Waals surface area contributed by atoms with Crippen molar-refractivity contribution in [3.63, 3.8) is 0 Å². The molecule has 0 aliphatic carbocycles. The highest BCUT2D eigenvalue weighted by atomic mass is 16.5. The number of amides is 2. The minimum absolute atomic E-state index is 0.0320. The third-order valence-corrected chi connectivity index (χ3v) is 6.53. The van der Waals surface area contributed by atoms with E-state index in [1.807, 2.05) is 100 Å². The molecule has 0 fully saturated rings. The summed E-state index contributed by atoms with van der Waals surface area (Å²) >= 11 is 0. The first-order valence-electron chi connectivity index (χ1n) is 13.2. The first-order chi connectivity index (χ1) is 17.9. The Labute approximate surface area is 221 Å². The minimum Gasteiger partial charge on any atom is -0.494 e. The summed E-state index contributed by atoms with van der Waals surface area (Å²) in [5.41, 5.74) is 4.34. The van der Waals surface area contributed by atoms with E-state index in [1.165, 1.54) is 5.56 Å². The van der Waals surface area contributed by atoms with Gasteiger partial charge in [0.05, 0.1) is 6.61 Å². The van der Waals surface area contributed by atoms with Gasteiger partial charge in [0, 0.05) is 25.4 Å². The van der Waals surface area contributed by atoms with Gasteiger partial charge in [-0.2, -0.15) is 0 Å². The fraction of sp³-hybridized carbons (Fsp3) is 0.375. The van der Waals surface area contributed by atoms with Crippen LogP contribution in [-0.4, -0.2) is 35.4 Å². The van der Waals surface area contributed by atoms with Gasteiger partial charge in [-0.05, 0) is 56.9 Å². The number of nitrogens with zero attached hydrogens (tertiary/aromatic N) is 1. The number of carbonyl (C=O) groups is 2. The first-order valence-corrected chi connectivity index (χ1v) is 13.2. The highest BCUT2D eigenvalue weighted by Crippen LogP contribution is 2.18. The van der Waals surface area contributed by atoms with Gasteiger partial charge in [0.2, 0.25) is 11.8 Å². The van der Waals surface area contributed by atoms with Crippen molar-refractivity contribution in [2.75, 3.05) is 6.61 Å². The summed E-state index contributed by atoms with van der Waals surface area (Å²) in [6, 6.07) is 25.4. The molecule has 3 aromatic carbocycles. The second-order valence-corrected chi connectivity index (χ2v) is 9.80. The average molecular weight is 501 g/mol. The van der Waals surface area contributed by atoms with E-state index in [0.717, 1.165) is 28.9 Å². The zero-order valence-corrected chi connectivity index (χ0v) is 22.6. The SMILES string of the molecule is CC[C@H](C)NC(=O)[C@@H](Cc1ccccc1)N(Cc1cccc(C)c1)C(=O)CCCOc1ccc(C)cc1. The molecule has 37 heavy (non-hydrogen) atoms. The third-order valence-electron chi connectivity index (χ3n) is 6.53.